The number of methoxy groups -OCH3 is 1. The van der Waals surface area contributed by atoms with Gasteiger partial charge in [-0.3, -0.25) is 4.79 Å². The van der Waals surface area contributed by atoms with Crippen molar-refractivity contribution in [1.29, 1.82) is 0 Å². The number of esters is 2. The Kier molecular flexibility index (Phi) is 7.02. The summed E-state index contributed by atoms with van der Waals surface area (Å²) in [5.41, 5.74) is -0.560. The molecule has 2 heterocycles. The molecule has 11 heteroatoms. The smallest absolute Gasteiger partial charge is 0.407 e. The molecule has 5 rings (SSSR count). The number of likely N-dealkylation sites (tertiary alicyclic amines) is 1. The van der Waals surface area contributed by atoms with Gasteiger partial charge >= 0.3 is 18.0 Å². The number of benzene rings is 1. The van der Waals surface area contributed by atoms with Crippen molar-refractivity contribution in [2.75, 3.05) is 27.2 Å². The lowest BCUT2D eigenvalue weighted by Crippen LogP contribution is -2.74. The first kappa shape index (κ1) is 28.2. The topological polar surface area (TPSA) is 133 Å². The number of rotatable bonds is 7. The van der Waals surface area contributed by atoms with Crippen LogP contribution in [0.5, 0.6) is 11.5 Å². The van der Waals surface area contributed by atoms with E-state index in [0.717, 1.165) is 17.7 Å². The molecule has 0 saturated carbocycles. The van der Waals surface area contributed by atoms with Crippen LogP contribution in [-0.4, -0.2) is 84.7 Å². The fourth-order valence-corrected chi connectivity index (χ4v) is 6.67. The molecule has 2 bridgehead atoms. The molecule has 1 unspecified atom stereocenters. The molecule has 1 aromatic rings. The minimum atomic E-state index is -1.20. The summed E-state index contributed by atoms with van der Waals surface area (Å²) in [7, 11) is 3.59. The van der Waals surface area contributed by atoms with Crippen LogP contribution in [0.3, 0.4) is 0 Å². The van der Waals surface area contributed by atoms with E-state index >= 15 is 0 Å². The van der Waals surface area contributed by atoms with E-state index in [4.69, 9.17) is 23.7 Å². The molecule has 1 amide bonds. The van der Waals surface area contributed by atoms with Crippen LogP contribution in [0.15, 0.2) is 24.0 Å². The first-order valence-corrected chi connectivity index (χ1v) is 13.7. The molecule has 4 aliphatic rings. The zero-order chi connectivity index (χ0) is 29.0. The van der Waals surface area contributed by atoms with Crippen LogP contribution in [0, 0.1) is 0 Å². The Balaban J connectivity index is 1.29. The molecule has 0 aromatic heterocycles. The van der Waals surface area contributed by atoms with E-state index in [1.165, 1.54) is 6.92 Å². The molecular formula is C29H38N2O9. The summed E-state index contributed by atoms with van der Waals surface area (Å²) < 4.78 is 28.3. The number of amides is 1. The lowest BCUT2D eigenvalue weighted by atomic mass is 9.50. The number of hydrogen-bond donors (Lipinski definition) is 2. The number of aliphatic hydroxyl groups is 1. The molecule has 5 atom stereocenters. The Morgan fingerprint density at radius 1 is 1.27 bits per heavy atom. The molecular weight excluding hydrogens is 520 g/mol. The second-order valence-electron chi connectivity index (χ2n) is 12.0. The maximum atomic E-state index is 13.1. The average molecular weight is 559 g/mol. The van der Waals surface area contributed by atoms with Crippen LogP contribution in [0.25, 0.3) is 0 Å². The Hall–Kier alpha value is -3.31. The third kappa shape index (κ3) is 4.49. The minimum absolute atomic E-state index is 0.00424. The molecule has 2 aliphatic carbocycles. The number of hydrogen-bond acceptors (Lipinski definition) is 10. The maximum absolute atomic E-state index is 13.1. The Morgan fingerprint density at radius 3 is 2.73 bits per heavy atom. The van der Waals surface area contributed by atoms with Gasteiger partial charge in [0, 0.05) is 24.6 Å². The quantitative estimate of drug-likeness (QED) is 0.380. The van der Waals surface area contributed by atoms with Gasteiger partial charge in [0.25, 0.3) is 0 Å². The fraction of sp³-hybridized carbons (Fsp3) is 0.621. The van der Waals surface area contributed by atoms with Crippen molar-refractivity contribution >= 4 is 18.0 Å². The van der Waals surface area contributed by atoms with Gasteiger partial charge in [-0.05, 0) is 71.8 Å². The summed E-state index contributed by atoms with van der Waals surface area (Å²) in [5, 5.41) is 14.7. The largest absolute Gasteiger partial charge is 0.493 e. The van der Waals surface area contributed by atoms with Crippen LogP contribution < -0.4 is 14.8 Å². The number of likely N-dealkylation sites (N-methyl/N-ethyl adjacent to an activating group) is 1. The van der Waals surface area contributed by atoms with Crippen LogP contribution in [0.2, 0.25) is 0 Å². The van der Waals surface area contributed by atoms with Gasteiger partial charge in [-0.1, -0.05) is 6.07 Å². The first-order chi connectivity index (χ1) is 18.8. The van der Waals surface area contributed by atoms with Crippen molar-refractivity contribution in [3.8, 4) is 11.5 Å². The monoisotopic (exact) mass is 558 g/mol. The zero-order valence-electron chi connectivity index (χ0n) is 23.9. The highest BCUT2D eigenvalue weighted by Gasteiger charge is 2.72. The normalized spacial score (nSPS) is 28.8. The summed E-state index contributed by atoms with van der Waals surface area (Å²) in [5.74, 6) is 0.00467. The van der Waals surface area contributed by atoms with Gasteiger partial charge < -0.3 is 39.0 Å². The van der Waals surface area contributed by atoms with Gasteiger partial charge in [-0.25, -0.2) is 9.59 Å². The lowest BCUT2D eigenvalue weighted by Gasteiger charge is -2.61. The molecule has 0 radical (unpaired) electrons. The van der Waals surface area contributed by atoms with Gasteiger partial charge in [-0.15, -0.1) is 0 Å². The summed E-state index contributed by atoms with van der Waals surface area (Å²) in [6.45, 7) is 7.38. The van der Waals surface area contributed by atoms with Crippen molar-refractivity contribution in [2.45, 2.75) is 88.2 Å². The number of ether oxygens (including phenoxy) is 5. The number of carbonyl (C=O) groups is 3. The molecule has 40 heavy (non-hydrogen) atoms. The second kappa shape index (κ2) is 9.95. The predicted molar refractivity (Wildman–Crippen MR) is 142 cm³/mol. The molecule has 1 saturated heterocycles. The number of nitrogens with zero attached hydrogens (tertiary/aromatic N) is 1. The van der Waals surface area contributed by atoms with Gasteiger partial charge in [-0.2, -0.15) is 0 Å². The van der Waals surface area contributed by atoms with Crippen molar-refractivity contribution in [3.63, 3.8) is 0 Å². The van der Waals surface area contributed by atoms with E-state index in [-0.39, 0.29) is 25.4 Å². The number of carbonyl (C=O) groups excluding carboxylic acids is 3. The standard InChI is InChI=1S/C29H38N2O9/c1-16(37-21(32)10-13-30-26(34)40-27(2,3)4)25(33)38-19-9-11-29(35)20-15-17-7-8-18(36-6)23-22(17)28(29,24(19)39-23)12-14-31(20)5/h7-9,16,20,24,35H,10-15H2,1-6H3,(H,30,34)/t16-,20?,24-,28-,29-/m0/s1. The highest BCUT2D eigenvalue weighted by Crippen LogP contribution is 2.65. The molecule has 2 aliphatic heterocycles. The van der Waals surface area contributed by atoms with E-state index in [1.807, 2.05) is 19.2 Å². The highest BCUT2D eigenvalue weighted by molar-refractivity contribution is 5.80. The fourth-order valence-electron chi connectivity index (χ4n) is 6.67. The molecule has 1 fully saturated rings. The lowest BCUT2D eigenvalue weighted by molar-refractivity contribution is -0.175. The third-order valence-corrected chi connectivity index (χ3v) is 8.41. The minimum Gasteiger partial charge on any atom is -0.493 e. The molecule has 1 aromatic carbocycles. The van der Waals surface area contributed by atoms with Gasteiger partial charge in [0.05, 0.1) is 24.5 Å². The summed E-state index contributed by atoms with van der Waals surface area (Å²) >= 11 is 0. The van der Waals surface area contributed by atoms with E-state index in [2.05, 4.69) is 10.2 Å². The Morgan fingerprint density at radius 2 is 2.02 bits per heavy atom. The van der Waals surface area contributed by atoms with E-state index < -0.39 is 46.9 Å². The Bertz CT molecular complexity index is 1250. The number of piperidine rings is 1. The van der Waals surface area contributed by atoms with Gasteiger partial charge in [0.15, 0.2) is 23.7 Å². The van der Waals surface area contributed by atoms with Crippen molar-refractivity contribution in [1.82, 2.24) is 10.2 Å². The van der Waals surface area contributed by atoms with Crippen molar-refractivity contribution in [2.24, 2.45) is 0 Å². The van der Waals surface area contributed by atoms with E-state index in [9.17, 15) is 19.5 Å². The molecule has 218 valence electrons. The second-order valence-corrected chi connectivity index (χ2v) is 12.0. The van der Waals surface area contributed by atoms with E-state index in [1.54, 1.807) is 34.0 Å². The summed E-state index contributed by atoms with van der Waals surface area (Å²) in [6, 6.07) is 3.78. The van der Waals surface area contributed by atoms with Crippen LogP contribution in [-0.2, 0) is 35.6 Å². The predicted octanol–water partition coefficient (Wildman–Crippen LogP) is 2.36. The SMILES string of the molecule is COc1ccc2c3c1O[C@H]1C(OC(=O)[C@H](C)OC(=O)CCNC(=O)OC(C)(C)C)=CC[C@]4(O)C(C2)N(C)CC[C@]314. The molecule has 2 N–H and O–H groups in total. The van der Waals surface area contributed by atoms with Gasteiger partial charge in [0.1, 0.15) is 11.4 Å². The third-order valence-electron chi connectivity index (χ3n) is 8.41. The van der Waals surface area contributed by atoms with Crippen LogP contribution in [0.1, 0.15) is 58.1 Å². The number of nitrogens with one attached hydrogen (secondary N) is 1. The van der Waals surface area contributed by atoms with Crippen LogP contribution in [0.4, 0.5) is 4.79 Å². The Labute approximate surface area is 233 Å². The average Bonchev–Trinajstić information content (AvgIpc) is 3.22. The maximum Gasteiger partial charge on any atom is 0.407 e. The first-order valence-electron chi connectivity index (χ1n) is 13.7. The van der Waals surface area contributed by atoms with Crippen LogP contribution >= 0.6 is 0 Å². The van der Waals surface area contributed by atoms with E-state index in [0.29, 0.717) is 30.1 Å². The summed E-state index contributed by atoms with van der Waals surface area (Å²) in [4.78, 5) is 39.3. The number of alkyl carbamates (subject to hydrolysis) is 1. The van der Waals surface area contributed by atoms with Gasteiger partial charge in [0.2, 0.25) is 0 Å². The van der Waals surface area contributed by atoms with Crippen molar-refractivity contribution in [3.05, 3.63) is 35.1 Å². The molecule has 1 spiro atoms. The van der Waals surface area contributed by atoms with Crippen molar-refractivity contribution < 1.29 is 43.2 Å². The molecule has 11 nitrogen and oxygen atoms in total. The highest BCUT2D eigenvalue weighted by atomic mass is 16.6. The zero-order valence-corrected chi connectivity index (χ0v) is 23.9. The summed E-state index contributed by atoms with van der Waals surface area (Å²) in [6.07, 6.45) is 0.562.